The lowest BCUT2D eigenvalue weighted by atomic mass is 10.0. The Balaban J connectivity index is 1.55. The average Bonchev–Trinajstić information content (AvgIpc) is 3.42. The van der Waals surface area contributed by atoms with E-state index in [1.807, 2.05) is 24.3 Å². The first-order valence-electron chi connectivity index (χ1n) is 11.5. The largest absolute Gasteiger partial charge is 0.493 e. The van der Waals surface area contributed by atoms with E-state index >= 15 is 0 Å². The fourth-order valence-corrected chi connectivity index (χ4v) is 5.09. The Bertz CT molecular complexity index is 1390. The lowest BCUT2D eigenvalue weighted by Crippen LogP contribution is -2.14. The van der Waals surface area contributed by atoms with Crippen molar-refractivity contribution < 1.29 is 23.7 Å². The Hall–Kier alpha value is -3.53. The summed E-state index contributed by atoms with van der Waals surface area (Å²) in [4.78, 5) is 22.8. The van der Waals surface area contributed by atoms with E-state index in [1.165, 1.54) is 23.7 Å². The molecule has 0 saturated carbocycles. The number of nitrogens with zero attached hydrogens (tertiary/aromatic N) is 2. The van der Waals surface area contributed by atoms with Crippen LogP contribution in [0.25, 0.3) is 0 Å². The maximum atomic E-state index is 13.3. The minimum absolute atomic E-state index is 0.238. The lowest BCUT2D eigenvalue weighted by molar-refractivity contribution is 0.0303. The molecule has 0 fully saturated rings. The molecule has 0 aliphatic carbocycles. The Morgan fingerprint density at radius 3 is 2.47 bits per heavy atom. The number of halogens is 2. The van der Waals surface area contributed by atoms with Gasteiger partial charge >= 0.3 is 5.97 Å². The molecule has 4 aromatic rings. The van der Waals surface area contributed by atoms with Gasteiger partial charge in [0.2, 0.25) is 5.88 Å². The smallest absolute Gasteiger partial charge is 0.348 e. The molecule has 0 aliphatic heterocycles. The van der Waals surface area contributed by atoms with Crippen LogP contribution in [0.4, 0.5) is 5.69 Å². The van der Waals surface area contributed by atoms with Crippen molar-refractivity contribution in [3.8, 4) is 17.4 Å². The van der Waals surface area contributed by atoms with Crippen LogP contribution in [-0.4, -0.2) is 37.3 Å². The summed E-state index contributed by atoms with van der Waals surface area (Å²) < 4.78 is 22.1. The second-order valence-electron chi connectivity index (χ2n) is 7.97. The summed E-state index contributed by atoms with van der Waals surface area (Å²) in [5.41, 5.74) is 2.08. The fourth-order valence-electron chi connectivity index (χ4n) is 3.74. The van der Waals surface area contributed by atoms with Crippen molar-refractivity contribution in [2.24, 2.45) is 0 Å². The van der Waals surface area contributed by atoms with Gasteiger partial charge < -0.3 is 24.3 Å². The first-order valence-corrected chi connectivity index (χ1v) is 13.0. The van der Waals surface area contributed by atoms with Crippen molar-refractivity contribution in [2.45, 2.75) is 19.1 Å². The van der Waals surface area contributed by atoms with Crippen LogP contribution < -0.4 is 19.5 Å². The third kappa shape index (κ3) is 6.48. The number of esters is 1. The summed E-state index contributed by atoms with van der Waals surface area (Å²) in [5.74, 6) is 1.09. The SMILES string of the molecule is COc1ccc([C@H](Cc2c(Cl)cncc2Cl)OC(=O)c2ccc(CNc3cccnc3OC)s2)cc1OC. The molecule has 0 aliphatic rings. The number of carbonyl (C=O) groups is 1. The van der Waals surface area contributed by atoms with E-state index in [4.69, 9.17) is 42.1 Å². The number of hydrogen-bond donors (Lipinski definition) is 1. The molecular weight excluding hydrogens is 549 g/mol. The Morgan fingerprint density at radius 2 is 1.76 bits per heavy atom. The summed E-state index contributed by atoms with van der Waals surface area (Å²) in [6.45, 7) is 0.487. The zero-order valence-corrected chi connectivity index (χ0v) is 23.2. The van der Waals surface area contributed by atoms with E-state index in [1.54, 1.807) is 45.7 Å². The first-order chi connectivity index (χ1) is 18.4. The molecule has 0 unspecified atom stereocenters. The minimum Gasteiger partial charge on any atom is -0.493 e. The minimum atomic E-state index is -0.706. The number of nitrogens with one attached hydrogen (secondary N) is 1. The Morgan fingerprint density at radius 1 is 1.00 bits per heavy atom. The lowest BCUT2D eigenvalue weighted by Gasteiger charge is -2.20. The molecule has 1 atom stereocenters. The summed E-state index contributed by atoms with van der Waals surface area (Å²) in [5, 5.41) is 4.05. The van der Waals surface area contributed by atoms with Crippen molar-refractivity contribution >= 4 is 46.2 Å². The van der Waals surface area contributed by atoms with Gasteiger partial charge in [-0.2, -0.15) is 0 Å². The zero-order chi connectivity index (χ0) is 27.1. The number of carbonyl (C=O) groups excluding carboxylic acids is 1. The number of aromatic nitrogens is 2. The highest BCUT2D eigenvalue weighted by molar-refractivity contribution is 7.13. The molecule has 3 heterocycles. The molecule has 1 N–H and O–H groups in total. The number of methoxy groups -OCH3 is 3. The maximum absolute atomic E-state index is 13.3. The van der Waals surface area contributed by atoms with E-state index in [-0.39, 0.29) is 6.42 Å². The predicted molar refractivity (Wildman–Crippen MR) is 148 cm³/mol. The third-order valence-electron chi connectivity index (χ3n) is 5.65. The molecule has 198 valence electrons. The molecule has 3 aromatic heterocycles. The molecule has 4 rings (SSSR count). The van der Waals surface area contributed by atoms with Gasteiger partial charge in [0, 0.05) is 36.4 Å². The van der Waals surface area contributed by atoms with Gasteiger partial charge in [-0.05, 0) is 47.5 Å². The van der Waals surface area contributed by atoms with Gasteiger partial charge in [0.05, 0.1) is 37.1 Å². The van der Waals surface area contributed by atoms with Gasteiger partial charge in [0.1, 0.15) is 11.0 Å². The molecule has 0 amide bonds. The van der Waals surface area contributed by atoms with E-state index in [0.29, 0.717) is 50.0 Å². The molecule has 8 nitrogen and oxygen atoms in total. The van der Waals surface area contributed by atoms with Crippen molar-refractivity contribution in [3.05, 3.63) is 92.0 Å². The van der Waals surface area contributed by atoms with E-state index in [2.05, 4.69) is 15.3 Å². The average molecular weight is 574 g/mol. The van der Waals surface area contributed by atoms with Crippen molar-refractivity contribution in [1.29, 1.82) is 0 Å². The summed E-state index contributed by atoms with van der Waals surface area (Å²) >= 11 is 14.1. The van der Waals surface area contributed by atoms with Crippen LogP contribution in [0.3, 0.4) is 0 Å². The zero-order valence-electron chi connectivity index (χ0n) is 20.9. The number of ether oxygens (including phenoxy) is 4. The van der Waals surface area contributed by atoms with Crippen LogP contribution in [0, 0.1) is 0 Å². The van der Waals surface area contributed by atoms with Crippen molar-refractivity contribution in [3.63, 3.8) is 0 Å². The summed E-state index contributed by atoms with van der Waals surface area (Å²) in [7, 11) is 4.66. The fraction of sp³-hybridized carbons (Fsp3) is 0.222. The van der Waals surface area contributed by atoms with Gasteiger partial charge in [-0.3, -0.25) is 4.98 Å². The standard InChI is InChI=1S/C27H25Cl2N3O5S/c1-34-22-8-6-16(11-24(22)35-2)23(12-18-19(28)14-30-15-20(18)29)37-27(33)25-9-7-17(38-25)13-32-21-5-4-10-31-26(21)36-3/h4-11,14-15,23,32H,12-13H2,1-3H3/t23-/m0/s1. The monoisotopic (exact) mass is 573 g/mol. The predicted octanol–water partition coefficient (Wildman–Crippen LogP) is 6.62. The Kier molecular flexibility index (Phi) is 9.28. The molecule has 0 saturated heterocycles. The molecule has 0 radical (unpaired) electrons. The second kappa shape index (κ2) is 12.8. The van der Waals surface area contributed by atoms with Crippen LogP contribution in [0.2, 0.25) is 10.0 Å². The molecule has 38 heavy (non-hydrogen) atoms. The molecule has 0 spiro atoms. The molecule has 11 heteroatoms. The van der Waals surface area contributed by atoms with E-state index in [0.717, 1.165) is 10.6 Å². The van der Waals surface area contributed by atoms with Crippen LogP contribution >= 0.6 is 34.5 Å². The number of anilines is 1. The topological polar surface area (TPSA) is 91.8 Å². The van der Waals surface area contributed by atoms with Crippen LogP contribution in [-0.2, 0) is 17.7 Å². The number of rotatable bonds is 11. The van der Waals surface area contributed by atoms with Crippen LogP contribution in [0.15, 0.2) is 61.1 Å². The molecule has 1 aromatic carbocycles. The van der Waals surface area contributed by atoms with Gasteiger partial charge in [-0.25, -0.2) is 9.78 Å². The van der Waals surface area contributed by atoms with Crippen molar-refractivity contribution in [2.75, 3.05) is 26.6 Å². The van der Waals surface area contributed by atoms with E-state index in [9.17, 15) is 4.79 Å². The first kappa shape index (κ1) is 27.5. The number of pyridine rings is 2. The number of thiophene rings is 1. The maximum Gasteiger partial charge on any atom is 0.348 e. The molecule has 0 bridgehead atoms. The number of benzene rings is 1. The Labute approximate surface area is 234 Å². The van der Waals surface area contributed by atoms with Crippen molar-refractivity contribution in [1.82, 2.24) is 9.97 Å². The van der Waals surface area contributed by atoms with Crippen LogP contribution in [0.1, 0.15) is 31.8 Å². The van der Waals surface area contributed by atoms with Gasteiger partial charge in [-0.15, -0.1) is 11.3 Å². The number of hydrogen-bond acceptors (Lipinski definition) is 9. The van der Waals surface area contributed by atoms with Gasteiger partial charge in [-0.1, -0.05) is 29.3 Å². The second-order valence-corrected chi connectivity index (χ2v) is 9.96. The highest BCUT2D eigenvalue weighted by Gasteiger charge is 2.24. The van der Waals surface area contributed by atoms with E-state index < -0.39 is 12.1 Å². The highest BCUT2D eigenvalue weighted by Crippen LogP contribution is 2.36. The summed E-state index contributed by atoms with van der Waals surface area (Å²) in [6, 6.07) is 12.6. The third-order valence-corrected chi connectivity index (χ3v) is 7.37. The van der Waals surface area contributed by atoms with Gasteiger partial charge in [0.15, 0.2) is 11.5 Å². The molecular formula is C27H25Cl2N3O5S. The summed E-state index contributed by atoms with van der Waals surface area (Å²) in [6.07, 6.45) is 4.20. The van der Waals surface area contributed by atoms with Crippen LogP contribution in [0.5, 0.6) is 17.4 Å². The normalized spacial score (nSPS) is 11.5. The quantitative estimate of drug-likeness (QED) is 0.200. The van der Waals surface area contributed by atoms with Gasteiger partial charge in [0.25, 0.3) is 0 Å². The highest BCUT2D eigenvalue weighted by atomic mass is 35.5.